The Kier molecular flexibility index (Phi) is 6.81. The maximum absolute atomic E-state index is 14.6. The first kappa shape index (κ1) is 24.4. The first-order chi connectivity index (χ1) is 15.0. The topological polar surface area (TPSA) is 75.7 Å². The third kappa shape index (κ3) is 3.96. The van der Waals surface area contributed by atoms with Gasteiger partial charge in [-0.25, -0.2) is 4.79 Å². The zero-order valence-electron chi connectivity index (χ0n) is 17.3. The van der Waals surface area contributed by atoms with Crippen molar-refractivity contribution in [3.8, 4) is 0 Å². The van der Waals surface area contributed by atoms with E-state index in [-0.39, 0.29) is 21.3 Å². The van der Waals surface area contributed by atoms with Gasteiger partial charge in [-0.15, -0.1) is 0 Å². The van der Waals surface area contributed by atoms with Crippen LogP contribution in [0.25, 0.3) is 0 Å². The minimum atomic E-state index is -5.34. The molecular weight excluding hydrogens is 472 g/mol. The van der Waals surface area contributed by atoms with Crippen LogP contribution in [0.1, 0.15) is 49.4 Å². The van der Waals surface area contributed by atoms with Gasteiger partial charge in [0.25, 0.3) is 17.4 Å². The van der Waals surface area contributed by atoms with Gasteiger partial charge >= 0.3 is 12.1 Å². The fourth-order valence-corrected chi connectivity index (χ4v) is 4.87. The summed E-state index contributed by atoms with van der Waals surface area (Å²) in [5, 5.41) is 1.75. The van der Waals surface area contributed by atoms with E-state index in [0.717, 1.165) is 37.3 Å². The summed E-state index contributed by atoms with van der Waals surface area (Å²) in [4.78, 5) is 39.8. The minimum Gasteiger partial charge on any atom is -0.466 e. The molecule has 2 amide bonds. The highest BCUT2D eigenvalue weighted by atomic mass is 35.5. The Morgan fingerprint density at radius 1 is 1.19 bits per heavy atom. The molecule has 1 N–H and O–H groups in total. The van der Waals surface area contributed by atoms with E-state index in [1.807, 2.05) is 0 Å². The van der Waals surface area contributed by atoms with E-state index >= 15 is 0 Å². The van der Waals surface area contributed by atoms with Crippen LogP contribution in [-0.4, -0.2) is 47.6 Å². The molecule has 32 heavy (non-hydrogen) atoms. The van der Waals surface area contributed by atoms with Gasteiger partial charge in [0.1, 0.15) is 5.57 Å². The molecule has 1 aromatic rings. The van der Waals surface area contributed by atoms with Crippen molar-refractivity contribution in [2.75, 3.05) is 7.11 Å². The van der Waals surface area contributed by atoms with Crippen molar-refractivity contribution >= 4 is 41.0 Å². The number of methoxy groups -OCH3 is 1. The molecule has 2 aliphatic rings. The van der Waals surface area contributed by atoms with Crippen molar-refractivity contribution in [2.24, 2.45) is 0 Å². The predicted octanol–water partition coefficient (Wildman–Crippen LogP) is 4.65. The molecule has 1 atom stereocenters. The SMILES string of the molecule is COC(=O)C1=C(C)N(C2CCCCC2)C(=O)C1(NC(=O)c1ccc(Cl)cc1Cl)C(F)(F)F. The third-order valence-electron chi connectivity index (χ3n) is 5.87. The molecule has 3 rings (SSSR count). The standard InChI is InChI=1S/C21H21Cl2F3N2O4/c1-11-16(18(30)32-2)20(21(24,25)26,19(31)28(11)13-6-4-3-5-7-13)27-17(29)14-9-8-12(22)10-15(14)23/h8-10,13H,3-7H2,1-2H3,(H,27,29). The summed E-state index contributed by atoms with van der Waals surface area (Å²) in [5.41, 5.74) is -5.08. The average Bonchev–Trinajstić information content (AvgIpc) is 2.95. The van der Waals surface area contributed by atoms with Crippen LogP contribution < -0.4 is 5.32 Å². The predicted molar refractivity (Wildman–Crippen MR) is 111 cm³/mol. The summed E-state index contributed by atoms with van der Waals surface area (Å²) < 4.78 is 48.4. The van der Waals surface area contributed by atoms with Gasteiger partial charge in [0.2, 0.25) is 0 Å². The van der Waals surface area contributed by atoms with Crippen LogP contribution >= 0.6 is 23.2 Å². The van der Waals surface area contributed by atoms with Gasteiger partial charge in [-0.2, -0.15) is 13.2 Å². The van der Waals surface area contributed by atoms with Crippen LogP contribution in [0.15, 0.2) is 29.5 Å². The molecule has 1 heterocycles. The molecule has 0 bridgehead atoms. The summed E-state index contributed by atoms with van der Waals surface area (Å²) >= 11 is 11.8. The Morgan fingerprint density at radius 3 is 2.34 bits per heavy atom. The van der Waals surface area contributed by atoms with Gasteiger partial charge in [-0.1, -0.05) is 42.5 Å². The van der Waals surface area contributed by atoms with Crippen LogP contribution in [0.4, 0.5) is 13.2 Å². The van der Waals surface area contributed by atoms with E-state index in [1.54, 1.807) is 5.32 Å². The van der Waals surface area contributed by atoms with E-state index in [9.17, 15) is 27.6 Å². The van der Waals surface area contributed by atoms with E-state index in [1.165, 1.54) is 19.1 Å². The van der Waals surface area contributed by atoms with Crippen molar-refractivity contribution in [1.82, 2.24) is 10.2 Å². The molecule has 6 nitrogen and oxygen atoms in total. The molecule has 0 spiro atoms. The fourth-order valence-electron chi connectivity index (χ4n) is 4.37. The van der Waals surface area contributed by atoms with Crippen LogP contribution in [-0.2, 0) is 14.3 Å². The Hall–Kier alpha value is -2.26. The summed E-state index contributed by atoms with van der Waals surface area (Å²) in [5.74, 6) is -4.07. The van der Waals surface area contributed by atoms with Crippen molar-refractivity contribution in [2.45, 2.75) is 56.8 Å². The van der Waals surface area contributed by atoms with Crippen LogP contribution in [0.2, 0.25) is 10.0 Å². The third-order valence-corrected chi connectivity index (χ3v) is 6.42. The lowest BCUT2D eigenvalue weighted by molar-refractivity contribution is -0.193. The number of allylic oxidation sites excluding steroid dienone is 1. The molecule has 0 aromatic heterocycles. The molecule has 174 valence electrons. The number of halogens is 5. The quantitative estimate of drug-likeness (QED) is 0.620. The molecule has 1 unspecified atom stereocenters. The lowest BCUT2D eigenvalue weighted by Crippen LogP contribution is -2.66. The Morgan fingerprint density at radius 2 is 1.81 bits per heavy atom. The van der Waals surface area contributed by atoms with Crippen LogP contribution in [0.3, 0.4) is 0 Å². The Labute approximate surface area is 192 Å². The van der Waals surface area contributed by atoms with Gasteiger partial charge in [0.05, 0.1) is 17.7 Å². The number of carbonyl (C=O) groups is 3. The second-order valence-corrected chi connectivity index (χ2v) is 8.59. The Bertz CT molecular complexity index is 990. The number of amides is 2. The molecule has 1 aliphatic heterocycles. The molecule has 11 heteroatoms. The molecule has 1 aliphatic carbocycles. The summed E-state index contributed by atoms with van der Waals surface area (Å²) in [7, 11) is 0.912. The van der Waals surface area contributed by atoms with Gasteiger partial charge in [0, 0.05) is 16.8 Å². The van der Waals surface area contributed by atoms with Gasteiger partial charge < -0.3 is 15.0 Å². The van der Waals surface area contributed by atoms with E-state index in [2.05, 4.69) is 4.74 Å². The number of hydrogen-bond acceptors (Lipinski definition) is 4. The highest BCUT2D eigenvalue weighted by Gasteiger charge is 2.71. The number of rotatable bonds is 4. The van der Waals surface area contributed by atoms with Crippen molar-refractivity contribution in [3.63, 3.8) is 0 Å². The second-order valence-electron chi connectivity index (χ2n) is 7.75. The zero-order valence-corrected chi connectivity index (χ0v) is 18.8. The van der Waals surface area contributed by atoms with Gasteiger partial charge in [0.15, 0.2) is 0 Å². The molecule has 0 radical (unpaired) electrons. The summed E-state index contributed by atoms with van der Waals surface area (Å²) in [6.07, 6.45) is -1.98. The van der Waals surface area contributed by atoms with Crippen molar-refractivity contribution in [3.05, 3.63) is 45.1 Å². The van der Waals surface area contributed by atoms with Gasteiger partial charge in [-0.3, -0.25) is 9.59 Å². The van der Waals surface area contributed by atoms with Crippen molar-refractivity contribution in [1.29, 1.82) is 0 Å². The highest BCUT2D eigenvalue weighted by Crippen LogP contribution is 2.47. The average molecular weight is 493 g/mol. The zero-order chi connectivity index (χ0) is 23.8. The normalized spacial score (nSPS) is 22.3. The number of alkyl halides is 3. The van der Waals surface area contributed by atoms with E-state index in [4.69, 9.17) is 23.2 Å². The lowest BCUT2D eigenvalue weighted by atomic mass is 9.88. The molecular formula is C21H21Cl2F3N2O4. The van der Waals surface area contributed by atoms with E-state index in [0.29, 0.717) is 12.8 Å². The number of nitrogens with one attached hydrogen (secondary N) is 1. The van der Waals surface area contributed by atoms with E-state index < -0.39 is 41.1 Å². The maximum Gasteiger partial charge on any atom is 0.425 e. The molecule has 1 saturated carbocycles. The maximum atomic E-state index is 14.6. The summed E-state index contributed by atoms with van der Waals surface area (Å²) in [6, 6.07) is 3.08. The van der Waals surface area contributed by atoms with Crippen LogP contribution in [0.5, 0.6) is 0 Å². The molecule has 0 saturated heterocycles. The highest BCUT2D eigenvalue weighted by molar-refractivity contribution is 6.36. The molecule has 1 fully saturated rings. The lowest BCUT2D eigenvalue weighted by Gasteiger charge is -2.36. The smallest absolute Gasteiger partial charge is 0.425 e. The number of carbonyl (C=O) groups excluding carboxylic acids is 3. The number of esters is 1. The molecule has 1 aromatic carbocycles. The van der Waals surface area contributed by atoms with Crippen molar-refractivity contribution < 1.29 is 32.3 Å². The minimum absolute atomic E-state index is 0.170. The number of hydrogen-bond donors (Lipinski definition) is 1. The largest absolute Gasteiger partial charge is 0.466 e. The number of ether oxygens (including phenoxy) is 1. The fraction of sp³-hybridized carbons (Fsp3) is 0.476. The first-order valence-corrected chi connectivity index (χ1v) is 10.7. The second kappa shape index (κ2) is 8.94. The Balaban J connectivity index is 2.16. The summed E-state index contributed by atoms with van der Waals surface area (Å²) in [6.45, 7) is 1.26. The number of benzene rings is 1. The van der Waals surface area contributed by atoms with Crippen LogP contribution in [0, 0.1) is 0 Å². The first-order valence-electron chi connectivity index (χ1n) is 9.93. The number of nitrogens with zero attached hydrogens (tertiary/aromatic N) is 1. The van der Waals surface area contributed by atoms with Gasteiger partial charge in [-0.05, 0) is 38.0 Å². The monoisotopic (exact) mass is 492 g/mol.